The van der Waals surface area contributed by atoms with Gasteiger partial charge in [0.15, 0.2) is 0 Å². The van der Waals surface area contributed by atoms with E-state index in [0.29, 0.717) is 5.92 Å². The van der Waals surface area contributed by atoms with E-state index in [0.717, 1.165) is 22.0 Å². The fourth-order valence-electron chi connectivity index (χ4n) is 2.13. The number of aromatic nitrogens is 3. The van der Waals surface area contributed by atoms with Gasteiger partial charge in [0.05, 0.1) is 19.0 Å². The van der Waals surface area contributed by atoms with Crippen LogP contribution in [0.4, 0.5) is 0 Å². The summed E-state index contributed by atoms with van der Waals surface area (Å²) in [5.74, 6) is 1.53. The van der Waals surface area contributed by atoms with Gasteiger partial charge in [-0.2, -0.15) is 5.10 Å². The normalized spacial score (nSPS) is 15.0. The van der Waals surface area contributed by atoms with Crippen molar-refractivity contribution < 1.29 is 4.74 Å². The van der Waals surface area contributed by atoms with E-state index in [4.69, 9.17) is 4.74 Å². The zero-order valence-corrected chi connectivity index (χ0v) is 11.4. The number of ether oxygens (including phenoxy) is 1. The van der Waals surface area contributed by atoms with Crippen LogP contribution in [0.2, 0.25) is 0 Å². The first-order valence-electron chi connectivity index (χ1n) is 6.34. The summed E-state index contributed by atoms with van der Waals surface area (Å²) in [4.78, 5) is 5.62. The SMILES string of the molecule is COc1cccc(-c2cn3nc(C4CC4)sc3n2)c1. The zero-order chi connectivity index (χ0) is 12.8. The highest BCUT2D eigenvalue weighted by atomic mass is 32.1. The first kappa shape index (κ1) is 11.0. The van der Waals surface area contributed by atoms with E-state index in [1.165, 1.54) is 17.8 Å². The van der Waals surface area contributed by atoms with Gasteiger partial charge in [-0.25, -0.2) is 9.50 Å². The Hall–Kier alpha value is -1.88. The summed E-state index contributed by atoms with van der Waals surface area (Å²) in [7, 11) is 1.67. The van der Waals surface area contributed by atoms with Crippen molar-refractivity contribution in [3.63, 3.8) is 0 Å². The lowest BCUT2D eigenvalue weighted by Gasteiger charge is -2.01. The molecule has 1 aliphatic carbocycles. The zero-order valence-electron chi connectivity index (χ0n) is 10.5. The molecule has 4 nitrogen and oxygen atoms in total. The van der Waals surface area contributed by atoms with Crippen molar-refractivity contribution in [2.24, 2.45) is 0 Å². The van der Waals surface area contributed by atoms with Gasteiger partial charge in [0.2, 0.25) is 4.96 Å². The second-order valence-corrected chi connectivity index (χ2v) is 5.79. The van der Waals surface area contributed by atoms with Crippen LogP contribution in [0.25, 0.3) is 16.2 Å². The highest BCUT2D eigenvalue weighted by Crippen LogP contribution is 2.42. The molecule has 0 amide bonds. The number of hydrogen-bond donors (Lipinski definition) is 0. The number of methoxy groups -OCH3 is 1. The molecule has 1 saturated carbocycles. The fourth-order valence-corrected chi connectivity index (χ4v) is 3.18. The molecule has 0 radical (unpaired) electrons. The van der Waals surface area contributed by atoms with Crippen LogP contribution in [0.5, 0.6) is 5.75 Å². The van der Waals surface area contributed by atoms with Crippen LogP contribution in [-0.2, 0) is 0 Å². The Morgan fingerprint density at radius 2 is 2.26 bits per heavy atom. The van der Waals surface area contributed by atoms with Crippen LogP contribution in [0.15, 0.2) is 30.5 Å². The van der Waals surface area contributed by atoms with Crippen molar-refractivity contribution >= 4 is 16.3 Å². The number of fused-ring (bicyclic) bond motifs is 1. The molecule has 4 rings (SSSR count). The third-order valence-corrected chi connectivity index (χ3v) is 4.44. The molecule has 0 N–H and O–H groups in total. The molecule has 1 fully saturated rings. The van der Waals surface area contributed by atoms with Crippen LogP contribution in [0, 0.1) is 0 Å². The minimum atomic E-state index is 0.687. The quantitative estimate of drug-likeness (QED) is 0.733. The third-order valence-electron chi connectivity index (χ3n) is 3.35. The van der Waals surface area contributed by atoms with Gasteiger partial charge in [-0.1, -0.05) is 23.5 Å². The van der Waals surface area contributed by atoms with E-state index >= 15 is 0 Å². The van der Waals surface area contributed by atoms with Crippen LogP contribution >= 0.6 is 11.3 Å². The topological polar surface area (TPSA) is 39.4 Å². The molecule has 0 unspecified atom stereocenters. The fraction of sp³-hybridized carbons (Fsp3) is 0.286. The molecule has 3 aromatic rings. The van der Waals surface area contributed by atoms with Gasteiger partial charge in [-0.15, -0.1) is 0 Å². The van der Waals surface area contributed by atoms with E-state index < -0.39 is 0 Å². The molecular formula is C14H13N3OS. The van der Waals surface area contributed by atoms with Crippen molar-refractivity contribution in [3.8, 4) is 17.0 Å². The van der Waals surface area contributed by atoms with Crippen molar-refractivity contribution in [1.82, 2.24) is 14.6 Å². The molecule has 1 aliphatic rings. The lowest BCUT2D eigenvalue weighted by atomic mass is 10.1. The van der Waals surface area contributed by atoms with Crippen LogP contribution in [-0.4, -0.2) is 21.7 Å². The monoisotopic (exact) mass is 271 g/mol. The van der Waals surface area contributed by atoms with Crippen LogP contribution in [0.3, 0.4) is 0 Å². The molecule has 0 atom stereocenters. The highest BCUT2D eigenvalue weighted by molar-refractivity contribution is 7.16. The minimum absolute atomic E-state index is 0.687. The molecule has 0 bridgehead atoms. The third kappa shape index (κ3) is 1.90. The van der Waals surface area contributed by atoms with E-state index in [1.807, 2.05) is 35.0 Å². The minimum Gasteiger partial charge on any atom is -0.497 e. The lowest BCUT2D eigenvalue weighted by molar-refractivity contribution is 0.415. The van der Waals surface area contributed by atoms with Gasteiger partial charge < -0.3 is 4.74 Å². The molecule has 0 spiro atoms. The summed E-state index contributed by atoms with van der Waals surface area (Å²) in [5.41, 5.74) is 2.00. The number of hydrogen-bond acceptors (Lipinski definition) is 4. The maximum atomic E-state index is 5.24. The van der Waals surface area contributed by atoms with Crippen molar-refractivity contribution in [2.45, 2.75) is 18.8 Å². The molecule has 5 heteroatoms. The Kier molecular flexibility index (Phi) is 2.35. The largest absolute Gasteiger partial charge is 0.497 e. The Balaban J connectivity index is 1.75. The summed E-state index contributed by atoms with van der Waals surface area (Å²) in [6.45, 7) is 0. The van der Waals surface area contributed by atoms with Crippen LogP contribution < -0.4 is 4.74 Å². The predicted octanol–water partition coefficient (Wildman–Crippen LogP) is 3.34. The van der Waals surface area contributed by atoms with Gasteiger partial charge in [-0.3, -0.25) is 0 Å². The summed E-state index contributed by atoms with van der Waals surface area (Å²) < 4.78 is 7.14. The van der Waals surface area contributed by atoms with Gasteiger partial charge in [0, 0.05) is 11.5 Å². The number of nitrogens with zero attached hydrogens (tertiary/aromatic N) is 3. The van der Waals surface area contributed by atoms with Gasteiger partial charge in [0.1, 0.15) is 10.8 Å². The van der Waals surface area contributed by atoms with Crippen LogP contribution in [0.1, 0.15) is 23.8 Å². The van der Waals surface area contributed by atoms with Crippen molar-refractivity contribution in [3.05, 3.63) is 35.5 Å². The van der Waals surface area contributed by atoms with E-state index in [2.05, 4.69) is 10.1 Å². The number of benzene rings is 1. The first-order valence-corrected chi connectivity index (χ1v) is 7.15. The summed E-state index contributed by atoms with van der Waals surface area (Å²) in [5, 5.41) is 5.83. The molecule has 2 heterocycles. The van der Waals surface area contributed by atoms with E-state index in [9.17, 15) is 0 Å². The lowest BCUT2D eigenvalue weighted by Crippen LogP contribution is -1.85. The molecule has 1 aromatic carbocycles. The Bertz CT molecular complexity index is 711. The smallest absolute Gasteiger partial charge is 0.212 e. The van der Waals surface area contributed by atoms with E-state index in [1.54, 1.807) is 18.4 Å². The molecule has 0 saturated heterocycles. The molecule has 2 aromatic heterocycles. The van der Waals surface area contributed by atoms with Crippen molar-refractivity contribution in [2.75, 3.05) is 7.11 Å². The Morgan fingerprint density at radius 3 is 3.00 bits per heavy atom. The van der Waals surface area contributed by atoms with Crippen molar-refractivity contribution in [1.29, 1.82) is 0 Å². The van der Waals surface area contributed by atoms with Gasteiger partial charge in [0.25, 0.3) is 0 Å². The molecule has 0 aliphatic heterocycles. The Morgan fingerprint density at radius 1 is 1.37 bits per heavy atom. The van der Waals surface area contributed by atoms with E-state index in [-0.39, 0.29) is 0 Å². The predicted molar refractivity (Wildman–Crippen MR) is 74.8 cm³/mol. The Labute approximate surface area is 114 Å². The molecule has 96 valence electrons. The molecule has 19 heavy (non-hydrogen) atoms. The first-order chi connectivity index (χ1) is 9.33. The number of rotatable bonds is 3. The maximum absolute atomic E-state index is 5.24. The molecular weight excluding hydrogens is 258 g/mol. The number of imidazole rings is 1. The van der Waals surface area contributed by atoms with Gasteiger partial charge >= 0.3 is 0 Å². The summed E-state index contributed by atoms with van der Waals surface area (Å²) >= 11 is 1.70. The summed E-state index contributed by atoms with van der Waals surface area (Å²) in [6, 6.07) is 7.95. The average molecular weight is 271 g/mol. The highest BCUT2D eigenvalue weighted by Gasteiger charge is 2.27. The van der Waals surface area contributed by atoms with Gasteiger partial charge in [-0.05, 0) is 25.0 Å². The standard InChI is InChI=1S/C14H13N3OS/c1-18-11-4-2-3-10(7-11)12-8-17-14(15-12)19-13(16-17)9-5-6-9/h2-4,7-9H,5-6H2,1H3. The second-order valence-electron chi connectivity index (χ2n) is 4.80. The average Bonchev–Trinajstić information content (AvgIpc) is 3.09. The maximum Gasteiger partial charge on any atom is 0.212 e. The second kappa shape index (κ2) is 4.06. The summed E-state index contributed by atoms with van der Waals surface area (Å²) in [6.07, 6.45) is 4.55.